The predicted octanol–water partition coefficient (Wildman–Crippen LogP) is 1.28. The molecular formula is C10H19NO2S. The summed E-state index contributed by atoms with van der Waals surface area (Å²) >= 11 is 1.93. The third-order valence-electron chi connectivity index (χ3n) is 2.61. The van der Waals surface area contributed by atoms with Crippen LogP contribution in [0.15, 0.2) is 0 Å². The van der Waals surface area contributed by atoms with Crippen molar-refractivity contribution in [3.8, 4) is 0 Å². The van der Waals surface area contributed by atoms with Gasteiger partial charge in [-0.15, -0.1) is 0 Å². The van der Waals surface area contributed by atoms with E-state index in [4.69, 9.17) is 4.74 Å². The first-order valence-electron chi connectivity index (χ1n) is 5.02. The standard InChI is InChI=1S/C10H19NO2S/c1-11-5-6-14-8-10(3-4-10)7-9(12)13-2/h11H,3-8H2,1-2H3. The summed E-state index contributed by atoms with van der Waals surface area (Å²) < 4.78 is 4.69. The molecule has 0 heterocycles. The van der Waals surface area contributed by atoms with Crippen LogP contribution in [-0.2, 0) is 9.53 Å². The summed E-state index contributed by atoms with van der Waals surface area (Å²) in [6.07, 6.45) is 2.99. The first kappa shape index (κ1) is 11.9. The van der Waals surface area contributed by atoms with Crippen LogP contribution in [-0.4, -0.2) is 38.2 Å². The number of hydrogen-bond donors (Lipinski definition) is 1. The van der Waals surface area contributed by atoms with Crippen LogP contribution in [0.4, 0.5) is 0 Å². The van der Waals surface area contributed by atoms with Crippen molar-refractivity contribution in [2.75, 3.05) is 32.2 Å². The first-order valence-corrected chi connectivity index (χ1v) is 6.17. The fraction of sp³-hybridized carbons (Fsp3) is 0.900. The molecule has 0 saturated heterocycles. The molecule has 3 nitrogen and oxygen atoms in total. The minimum atomic E-state index is -0.0586. The molecule has 4 heteroatoms. The smallest absolute Gasteiger partial charge is 0.306 e. The molecule has 0 aromatic heterocycles. The Kier molecular flexibility index (Phi) is 4.75. The highest BCUT2D eigenvalue weighted by Crippen LogP contribution is 2.51. The molecule has 1 aliphatic carbocycles. The molecule has 0 aromatic carbocycles. The van der Waals surface area contributed by atoms with E-state index in [1.807, 2.05) is 18.8 Å². The monoisotopic (exact) mass is 217 g/mol. The van der Waals surface area contributed by atoms with Gasteiger partial charge in [0.05, 0.1) is 13.5 Å². The van der Waals surface area contributed by atoms with E-state index in [0.29, 0.717) is 6.42 Å². The van der Waals surface area contributed by atoms with Crippen molar-refractivity contribution in [2.24, 2.45) is 5.41 Å². The second-order valence-corrected chi connectivity index (χ2v) is 5.01. The molecule has 82 valence electrons. The van der Waals surface area contributed by atoms with Gasteiger partial charge in [0.2, 0.25) is 0 Å². The maximum Gasteiger partial charge on any atom is 0.306 e. The number of carbonyl (C=O) groups is 1. The number of thioether (sulfide) groups is 1. The van der Waals surface area contributed by atoms with Gasteiger partial charge in [0.25, 0.3) is 0 Å². The number of carbonyl (C=O) groups excluding carboxylic acids is 1. The highest BCUT2D eigenvalue weighted by atomic mass is 32.2. The number of nitrogens with one attached hydrogen (secondary N) is 1. The van der Waals surface area contributed by atoms with Gasteiger partial charge in [0.15, 0.2) is 0 Å². The summed E-state index contributed by atoms with van der Waals surface area (Å²) in [7, 11) is 3.43. The lowest BCUT2D eigenvalue weighted by Crippen LogP contribution is -2.15. The van der Waals surface area contributed by atoms with Crippen molar-refractivity contribution in [1.82, 2.24) is 5.32 Å². The molecule has 0 bridgehead atoms. The Balaban J connectivity index is 2.12. The lowest BCUT2D eigenvalue weighted by molar-refractivity contribution is -0.141. The van der Waals surface area contributed by atoms with E-state index in [0.717, 1.165) is 18.1 Å². The lowest BCUT2D eigenvalue weighted by Gasteiger charge is -2.12. The van der Waals surface area contributed by atoms with Crippen LogP contribution in [0, 0.1) is 5.41 Å². The van der Waals surface area contributed by atoms with Gasteiger partial charge in [-0.2, -0.15) is 11.8 Å². The van der Waals surface area contributed by atoms with Gasteiger partial charge >= 0.3 is 5.97 Å². The van der Waals surface area contributed by atoms with Crippen LogP contribution in [0.25, 0.3) is 0 Å². The van der Waals surface area contributed by atoms with Gasteiger partial charge in [0, 0.05) is 12.3 Å². The molecule has 0 spiro atoms. The first-order chi connectivity index (χ1) is 6.72. The highest BCUT2D eigenvalue weighted by molar-refractivity contribution is 7.99. The van der Waals surface area contributed by atoms with Crippen molar-refractivity contribution in [3.63, 3.8) is 0 Å². The van der Waals surface area contributed by atoms with E-state index < -0.39 is 0 Å². The Hall–Kier alpha value is -0.220. The van der Waals surface area contributed by atoms with E-state index in [1.54, 1.807) is 0 Å². The second-order valence-electron chi connectivity index (χ2n) is 3.91. The second kappa shape index (κ2) is 5.61. The van der Waals surface area contributed by atoms with E-state index in [-0.39, 0.29) is 11.4 Å². The van der Waals surface area contributed by atoms with Crippen LogP contribution in [0.5, 0.6) is 0 Å². The molecule has 0 atom stereocenters. The number of ether oxygens (including phenoxy) is 1. The van der Waals surface area contributed by atoms with Gasteiger partial charge in [-0.05, 0) is 31.1 Å². The normalized spacial score (nSPS) is 17.9. The SMILES string of the molecule is CNCCSCC1(CC(=O)OC)CC1. The Labute approximate surface area is 90.0 Å². The molecule has 0 unspecified atom stereocenters. The van der Waals surface area contributed by atoms with E-state index in [9.17, 15) is 4.79 Å². The molecule has 1 fully saturated rings. The molecule has 0 aliphatic heterocycles. The summed E-state index contributed by atoms with van der Waals surface area (Å²) in [6, 6.07) is 0. The van der Waals surface area contributed by atoms with E-state index >= 15 is 0 Å². The fourth-order valence-corrected chi connectivity index (χ4v) is 2.71. The van der Waals surface area contributed by atoms with E-state index in [1.165, 1.54) is 20.0 Å². The average molecular weight is 217 g/mol. The van der Waals surface area contributed by atoms with Crippen LogP contribution in [0.2, 0.25) is 0 Å². The van der Waals surface area contributed by atoms with Crippen molar-refractivity contribution in [2.45, 2.75) is 19.3 Å². The van der Waals surface area contributed by atoms with Crippen LogP contribution in [0.3, 0.4) is 0 Å². The fourth-order valence-electron chi connectivity index (χ4n) is 1.39. The number of hydrogen-bond acceptors (Lipinski definition) is 4. The Morgan fingerprint density at radius 1 is 1.57 bits per heavy atom. The number of esters is 1. The van der Waals surface area contributed by atoms with Crippen LogP contribution >= 0.6 is 11.8 Å². The summed E-state index contributed by atoms with van der Waals surface area (Å²) in [5, 5.41) is 3.11. The molecule has 0 radical (unpaired) electrons. The molecular weight excluding hydrogens is 198 g/mol. The topological polar surface area (TPSA) is 38.3 Å². The molecule has 0 aromatic rings. The quantitative estimate of drug-likeness (QED) is 0.515. The molecule has 1 N–H and O–H groups in total. The highest BCUT2D eigenvalue weighted by Gasteiger charge is 2.44. The van der Waals surface area contributed by atoms with Gasteiger partial charge in [-0.25, -0.2) is 0 Å². The van der Waals surface area contributed by atoms with Crippen molar-refractivity contribution in [3.05, 3.63) is 0 Å². The van der Waals surface area contributed by atoms with Crippen LogP contribution in [0.1, 0.15) is 19.3 Å². The summed E-state index contributed by atoms with van der Waals surface area (Å²) in [6.45, 7) is 1.04. The number of rotatable bonds is 7. The van der Waals surface area contributed by atoms with Crippen molar-refractivity contribution >= 4 is 17.7 Å². The zero-order valence-electron chi connectivity index (χ0n) is 8.97. The average Bonchev–Trinajstić information content (AvgIpc) is 2.93. The van der Waals surface area contributed by atoms with Gasteiger partial charge in [-0.3, -0.25) is 4.79 Å². The minimum absolute atomic E-state index is 0.0586. The predicted molar refractivity (Wildman–Crippen MR) is 59.6 cm³/mol. The van der Waals surface area contributed by atoms with E-state index in [2.05, 4.69) is 5.32 Å². The third kappa shape index (κ3) is 3.88. The molecule has 1 saturated carbocycles. The van der Waals surface area contributed by atoms with Gasteiger partial charge in [-0.1, -0.05) is 0 Å². The molecule has 1 rings (SSSR count). The zero-order chi connectivity index (χ0) is 10.4. The maximum atomic E-state index is 11.1. The Morgan fingerprint density at radius 2 is 2.29 bits per heavy atom. The maximum absolute atomic E-state index is 11.1. The molecule has 14 heavy (non-hydrogen) atoms. The Bertz CT molecular complexity index is 193. The number of methoxy groups -OCH3 is 1. The van der Waals surface area contributed by atoms with Crippen molar-refractivity contribution < 1.29 is 9.53 Å². The Morgan fingerprint density at radius 3 is 2.79 bits per heavy atom. The lowest BCUT2D eigenvalue weighted by atomic mass is 10.1. The van der Waals surface area contributed by atoms with Gasteiger partial charge < -0.3 is 10.1 Å². The summed E-state index contributed by atoms with van der Waals surface area (Å²) in [4.78, 5) is 11.1. The molecule has 0 amide bonds. The third-order valence-corrected chi connectivity index (χ3v) is 3.92. The molecule has 1 aliphatic rings. The van der Waals surface area contributed by atoms with Gasteiger partial charge in [0.1, 0.15) is 0 Å². The summed E-state index contributed by atoms with van der Waals surface area (Å²) in [5.74, 6) is 2.17. The zero-order valence-corrected chi connectivity index (χ0v) is 9.78. The minimum Gasteiger partial charge on any atom is -0.469 e. The summed E-state index contributed by atoms with van der Waals surface area (Å²) in [5.41, 5.74) is 0.283. The van der Waals surface area contributed by atoms with Crippen molar-refractivity contribution in [1.29, 1.82) is 0 Å². The largest absolute Gasteiger partial charge is 0.469 e. The van der Waals surface area contributed by atoms with Crippen LogP contribution < -0.4 is 5.32 Å².